The summed E-state index contributed by atoms with van der Waals surface area (Å²) in [6.07, 6.45) is 2.19. The van der Waals surface area contributed by atoms with Gasteiger partial charge in [0, 0.05) is 28.7 Å². The van der Waals surface area contributed by atoms with Gasteiger partial charge in [-0.2, -0.15) is 0 Å². The summed E-state index contributed by atoms with van der Waals surface area (Å²) in [6.45, 7) is 0.391. The van der Waals surface area contributed by atoms with Crippen LogP contribution < -0.4 is 0 Å². The number of nitroso groups, excluding NO2 is 1. The second kappa shape index (κ2) is 7.91. The topological polar surface area (TPSA) is 86.9 Å². The highest BCUT2D eigenvalue weighted by Crippen LogP contribution is 2.38. The van der Waals surface area contributed by atoms with Crippen LogP contribution in [0.4, 0.5) is 0 Å². The molecule has 2 aliphatic rings. The number of carbonyl (C=O) groups excluding carboxylic acids is 2. The van der Waals surface area contributed by atoms with Crippen molar-refractivity contribution in [3.05, 3.63) is 46.4 Å². The number of rotatable bonds is 5. The molecule has 2 atom stereocenters. The summed E-state index contributed by atoms with van der Waals surface area (Å²) in [6, 6.07) is 8.79. The van der Waals surface area contributed by atoms with Gasteiger partial charge in [0.15, 0.2) is 6.54 Å². The van der Waals surface area contributed by atoms with Crippen LogP contribution in [0.25, 0.3) is 0 Å². The van der Waals surface area contributed by atoms with E-state index in [9.17, 15) is 19.6 Å². The zero-order chi connectivity index (χ0) is 18.6. The van der Waals surface area contributed by atoms with Crippen molar-refractivity contribution in [2.24, 2.45) is 0 Å². The number of esters is 1. The Morgan fingerprint density at radius 2 is 2.12 bits per heavy atom. The van der Waals surface area contributed by atoms with Gasteiger partial charge in [-0.3, -0.25) is 0 Å². The number of likely N-dealkylation sites (tertiary alicyclic amines) is 1. The predicted octanol–water partition coefficient (Wildman–Crippen LogP) is 1.21. The predicted molar refractivity (Wildman–Crippen MR) is 92.7 cm³/mol. The monoisotopic (exact) mass is 359 g/mol. The molecule has 7 heteroatoms. The second-order valence-corrected chi connectivity index (χ2v) is 6.69. The fourth-order valence-corrected chi connectivity index (χ4v) is 3.94. The first kappa shape index (κ1) is 18.5. The van der Waals surface area contributed by atoms with Crippen molar-refractivity contribution in [1.29, 1.82) is 0 Å². The molecule has 0 radical (unpaired) electrons. The molecule has 26 heavy (non-hydrogen) atoms. The van der Waals surface area contributed by atoms with Gasteiger partial charge in [-0.25, -0.2) is 14.5 Å². The molecular formula is C19H23N2O5+. The first-order valence-corrected chi connectivity index (χ1v) is 8.92. The molecule has 0 saturated carbocycles. The third kappa shape index (κ3) is 3.09. The Bertz CT molecular complexity index is 729. The number of hydrogen-bond donors (Lipinski definition) is 1. The van der Waals surface area contributed by atoms with E-state index in [2.05, 4.69) is 0 Å². The normalized spacial score (nSPS) is 26.6. The summed E-state index contributed by atoms with van der Waals surface area (Å²) in [5.74, 6) is 1.06. The summed E-state index contributed by atoms with van der Waals surface area (Å²) >= 11 is 0. The number of hydrogen-bond acceptors (Lipinski definition) is 6. The van der Waals surface area contributed by atoms with E-state index in [4.69, 9.17) is 4.74 Å². The van der Waals surface area contributed by atoms with E-state index in [0.29, 0.717) is 30.6 Å². The molecule has 7 nitrogen and oxygen atoms in total. The van der Waals surface area contributed by atoms with Gasteiger partial charge < -0.3 is 9.84 Å². The number of carbonyl (C=O) groups is 1. The Morgan fingerprint density at radius 1 is 1.35 bits per heavy atom. The smallest absolute Gasteiger partial charge is 0.406 e. The van der Waals surface area contributed by atoms with Crippen LogP contribution in [0.5, 0.6) is 0 Å². The zero-order valence-electron chi connectivity index (χ0n) is 14.6. The molecule has 2 fully saturated rings. The number of aliphatic hydroxyl groups is 1. The number of ether oxygens (including phenoxy) is 1. The van der Waals surface area contributed by atoms with Crippen LogP contribution in [0.3, 0.4) is 0 Å². The Hall–Kier alpha value is -2.34. The van der Waals surface area contributed by atoms with Crippen molar-refractivity contribution in [1.82, 2.24) is 4.90 Å². The zero-order valence-corrected chi connectivity index (χ0v) is 14.6. The molecule has 0 bridgehead atoms. The van der Waals surface area contributed by atoms with Crippen LogP contribution >= 0.6 is 0 Å². The maximum atomic E-state index is 13.1. The van der Waals surface area contributed by atoms with E-state index in [0.717, 1.165) is 12.0 Å². The highest BCUT2D eigenvalue weighted by molar-refractivity contribution is 5.86. The van der Waals surface area contributed by atoms with Gasteiger partial charge in [0.05, 0.1) is 6.61 Å². The first-order valence-electron chi connectivity index (χ1n) is 8.92. The van der Waals surface area contributed by atoms with Crippen LogP contribution in [-0.4, -0.2) is 58.1 Å². The molecule has 2 heterocycles. The van der Waals surface area contributed by atoms with Crippen LogP contribution in [0.2, 0.25) is 0 Å². The molecule has 0 amide bonds. The fourth-order valence-electron chi connectivity index (χ4n) is 3.94. The molecule has 3 rings (SSSR count). The molecule has 0 spiro atoms. The van der Waals surface area contributed by atoms with E-state index < -0.39 is 11.6 Å². The molecule has 0 aromatic heterocycles. The summed E-state index contributed by atoms with van der Waals surface area (Å²) in [5.41, 5.74) is -0.934. The molecule has 1 N–H and O–H groups in total. The summed E-state index contributed by atoms with van der Waals surface area (Å²) in [5, 5.41) is 9.69. The minimum absolute atomic E-state index is 0.0129. The third-order valence-corrected chi connectivity index (χ3v) is 5.19. The van der Waals surface area contributed by atoms with Gasteiger partial charge in [0.2, 0.25) is 0 Å². The molecule has 138 valence electrons. The minimum Gasteiger partial charge on any atom is -0.454 e. The highest BCUT2D eigenvalue weighted by atomic mass is 16.5. The Kier molecular flexibility index (Phi) is 5.61. The lowest BCUT2D eigenvalue weighted by molar-refractivity contribution is -0.637. The molecule has 1 aromatic rings. The maximum Gasteiger partial charge on any atom is 0.406 e. The highest BCUT2D eigenvalue weighted by Gasteiger charge is 2.66. The summed E-state index contributed by atoms with van der Waals surface area (Å²) in [7, 11) is 0. The SMILES string of the molecule is O=C=C1CCC[N+](=O)C1(C(=O)OCc1ccccc1)N1CCCC1CO. The molecule has 2 unspecified atom stereocenters. The van der Waals surface area contributed by atoms with E-state index in [1.54, 1.807) is 4.90 Å². The van der Waals surface area contributed by atoms with Gasteiger partial charge >= 0.3 is 11.6 Å². The number of aliphatic hydroxyl groups excluding tert-OH is 1. The van der Waals surface area contributed by atoms with Gasteiger partial charge in [-0.05, 0) is 24.8 Å². The van der Waals surface area contributed by atoms with Crippen molar-refractivity contribution in [3.8, 4) is 0 Å². The average Bonchev–Trinajstić information content (AvgIpc) is 3.15. The number of benzene rings is 1. The molecular weight excluding hydrogens is 336 g/mol. The Balaban J connectivity index is 1.96. The van der Waals surface area contributed by atoms with Crippen LogP contribution in [-0.2, 0) is 20.9 Å². The average molecular weight is 359 g/mol. The van der Waals surface area contributed by atoms with E-state index in [-0.39, 0.29) is 31.4 Å². The standard InChI is InChI=1S/C19H23N2O5/c22-12-16-8-4-11-21(25)19(16,20-10-5-9-17(20)13-23)18(24)26-14-15-6-2-1-3-7-15/h1-3,6-7,17,23H,4-5,8-11,13-14H2/q+1. The van der Waals surface area contributed by atoms with Crippen LogP contribution in [0, 0.1) is 4.91 Å². The van der Waals surface area contributed by atoms with Crippen molar-refractivity contribution in [3.63, 3.8) is 0 Å². The minimum atomic E-state index is -1.82. The quantitative estimate of drug-likeness (QED) is 0.483. The van der Waals surface area contributed by atoms with Gasteiger partial charge in [0.25, 0.3) is 0 Å². The van der Waals surface area contributed by atoms with Crippen LogP contribution in [0.1, 0.15) is 31.2 Å². The van der Waals surface area contributed by atoms with Crippen molar-refractivity contribution in [2.45, 2.75) is 44.0 Å². The van der Waals surface area contributed by atoms with Crippen molar-refractivity contribution < 1.29 is 24.2 Å². The fraction of sp³-hybridized carbons (Fsp3) is 0.526. The molecule has 2 aliphatic heterocycles. The Labute approximate surface area is 151 Å². The largest absolute Gasteiger partial charge is 0.454 e. The molecule has 2 saturated heterocycles. The van der Waals surface area contributed by atoms with Gasteiger partial charge in [-0.15, -0.1) is 0 Å². The first-order chi connectivity index (χ1) is 12.6. The third-order valence-electron chi connectivity index (χ3n) is 5.19. The second-order valence-electron chi connectivity index (χ2n) is 6.69. The lowest BCUT2D eigenvalue weighted by atomic mass is 9.89. The lowest BCUT2D eigenvalue weighted by Gasteiger charge is -2.37. The molecule has 1 aromatic carbocycles. The van der Waals surface area contributed by atoms with E-state index in [1.807, 2.05) is 36.3 Å². The maximum absolute atomic E-state index is 13.1. The van der Waals surface area contributed by atoms with Gasteiger partial charge in [0.1, 0.15) is 18.1 Å². The van der Waals surface area contributed by atoms with E-state index in [1.165, 1.54) is 0 Å². The van der Waals surface area contributed by atoms with E-state index >= 15 is 0 Å². The van der Waals surface area contributed by atoms with Crippen LogP contribution in [0.15, 0.2) is 35.9 Å². The summed E-state index contributed by atoms with van der Waals surface area (Å²) in [4.78, 5) is 39.3. The Morgan fingerprint density at radius 3 is 2.81 bits per heavy atom. The lowest BCUT2D eigenvalue weighted by Crippen LogP contribution is -2.66. The number of piperidine rings is 1. The molecule has 0 aliphatic carbocycles. The summed E-state index contributed by atoms with van der Waals surface area (Å²) < 4.78 is 6.11. The van der Waals surface area contributed by atoms with Crippen molar-refractivity contribution in [2.75, 3.05) is 19.7 Å². The van der Waals surface area contributed by atoms with Gasteiger partial charge in [-0.1, -0.05) is 30.3 Å². The number of nitrogens with zero attached hydrogens (tertiary/aromatic N) is 2. The van der Waals surface area contributed by atoms with Crippen molar-refractivity contribution >= 4 is 11.9 Å².